The van der Waals surface area contributed by atoms with Gasteiger partial charge in [-0.1, -0.05) is 29.5 Å². The van der Waals surface area contributed by atoms with Crippen LogP contribution in [0.5, 0.6) is 0 Å². The maximum absolute atomic E-state index is 11.5. The zero-order valence-corrected chi connectivity index (χ0v) is 14.8. The van der Waals surface area contributed by atoms with Gasteiger partial charge in [0.25, 0.3) is 0 Å². The molecular formula is C17H24O5S. The molecule has 0 spiro atoms. The van der Waals surface area contributed by atoms with Crippen LogP contribution in [0.2, 0.25) is 0 Å². The van der Waals surface area contributed by atoms with Gasteiger partial charge in [-0.15, -0.1) is 0 Å². The molecule has 2 rings (SSSR count). The Morgan fingerprint density at radius 2 is 2.04 bits per heavy atom. The minimum absolute atomic E-state index is 0.0920. The zero-order chi connectivity index (χ0) is 17.0. The standard InChI is InChI=1S/C17H24O5S/c1-11-5-7-14(8-6-11)23-16(20-12(2)19)15-9-13(10-18)21-17(3,4)22-15/h5-8,13,15-16,18H,9-10H2,1-4H3/t13-,15+,16?/m0/s1. The summed E-state index contributed by atoms with van der Waals surface area (Å²) in [6.07, 6.45) is -0.219. The molecule has 6 heteroatoms. The fraction of sp³-hybridized carbons (Fsp3) is 0.588. The zero-order valence-electron chi connectivity index (χ0n) is 13.9. The van der Waals surface area contributed by atoms with Gasteiger partial charge in [-0.25, -0.2) is 0 Å². The maximum atomic E-state index is 11.5. The molecule has 0 aromatic heterocycles. The van der Waals surface area contributed by atoms with Crippen LogP contribution in [0.4, 0.5) is 0 Å². The van der Waals surface area contributed by atoms with Gasteiger partial charge >= 0.3 is 5.97 Å². The van der Waals surface area contributed by atoms with Crippen molar-refractivity contribution in [2.75, 3.05) is 6.61 Å². The van der Waals surface area contributed by atoms with Crippen molar-refractivity contribution in [1.82, 2.24) is 0 Å². The summed E-state index contributed by atoms with van der Waals surface area (Å²) in [4.78, 5) is 12.5. The van der Waals surface area contributed by atoms with Gasteiger partial charge in [0, 0.05) is 18.2 Å². The number of carbonyl (C=O) groups excluding carboxylic acids is 1. The number of hydrogen-bond acceptors (Lipinski definition) is 6. The van der Waals surface area contributed by atoms with Crippen LogP contribution in [0.1, 0.15) is 32.8 Å². The van der Waals surface area contributed by atoms with E-state index in [9.17, 15) is 9.90 Å². The predicted octanol–water partition coefficient (Wildman–Crippen LogP) is 2.88. The molecule has 1 aromatic carbocycles. The molecule has 1 aliphatic heterocycles. The van der Waals surface area contributed by atoms with Crippen molar-refractivity contribution in [2.24, 2.45) is 0 Å². The van der Waals surface area contributed by atoms with Gasteiger partial charge in [0.2, 0.25) is 0 Å². The van der Waals surface area contributed by atoms with Crippen molar-refractivity contribution < 1.29 is 24.1 Å². The first-order valence-corrected chi connectivity index (χ1v) is 8.54. The summed E-state index contributed by atoms with van der Waals surface area (Å²) in [5.74, 6) is -1.19. The van der Waals surface area contributed by atoms with Crippen molar-refractivity contribution in [3.05, 3.63) is 29.8 Å². The SMILES string of the molecule is CC(=O)OC(Sc1ccc(C)cc1)[C@H]1C[C@@H](CO)OC(C)(C)O1. The Balaban J connectivity index is 2.16. The molecule has 1 saturated heterocycles. The van der Waals surface area contributed by atoms with E-state index >= 15 is 0 Å². The fourth-order valence-electron chi connectivity index (χ4n) is 2.52. The highest BCUT2D eigenvalue weighted by molar-refractivity contribution is 7.99. The molecular weight excluding hydrogens is 316 g/mol. The third-order valence-electron chi connectivity index (χ3n) is 3.44. The highest BCUT2D eigenvalue weighted by Crippen LogP contribution is 2.35. The van der Waals surface area contributed by atoms with Crippen LogP contribution in [0.25, 0.3) is 0 Å². The minimum Gasteiger partial charge on any atom is -0.448 e. The van der Waals surface area contributed by atoms with Crippen LogP contribution in [-0.2, 0) is 19.0 Å². The Kier molecular flexibility index (Phi) is 6.08. The lowest BCUT2D eigenvalue weighted by Crippen LogP contribution is -2.50. The number of esters is 1. The van der Waals surface area contributed by atoms with E-state index in [4.69, 9.17) is 14.2 Å². The lowest BCUT2D eigenvalue weighted by atomic mass is 10.1. The van der Waals surface area contributed by atoms with E-state index in [0.29, 0.717) is 6.42 Å². The highest BCUT2D eigenvalue weighted by atomic mass is 32.2. The summed E-state index contributed by atoms with van der Waals surface area (Å²) in [6, 6.07) is 8.01. The van der Waals surface area contributed by atoms with Gasteiger partial charge in [0.15, 0.2) is 11.2 Å². The summed E-state index contributed by atoms with van der Waals surface area (Å²) < 4.78 is 17.1. The van der Waals surface area contributed by atoms with Gasteiger partial charge in [-0.2, -0.15) is 0 Å². The second kappa shape index (κ2) is 7.66. The highest BCUT2D eigenvalue weighted by Gasteiger charge is 2.40. The molecule has 128 valence electrons. The van der Waals surface area contributed by atoms with Gasteiger partial charge in [0.05, 0.1) is 12.7 Å². The Hall–Kier alpha value is -1.08. The van der Waals surface area contributed by atoms with Gasteiger partial charge in [0.1, 0.15) is 6.10 Å². The molecule has 1 unspecified atom stereocenters. The molecule has 0 bridgehead atoms. The van der Waals surface area contributed by atoms with Crippen LogP contribution in [0.3, 0.4) is 0 Å². The lowest BCUT2D eigenvalue weighted by Gasteiger charge is -2.42. The fourth-order valence-corrected chi connectivity index (χ4v) is 3.58. The van der Waals surface area contributed by atoms with E-state index in [-0.39, 0.29) is 24.8 Å². The maximum Gasteiger partial charge on any atom is 0.303 e. The van der Waals surface area contributed by atoms with Crippen LogP contribution in [0.15, 0.2) is 29.2 Å². The number of hydrogen-bond donors (Lipinski definition) is 1. The largest absolute Gasteiger partial charge is 0.448 e. The van der Waals surface area contributed by atoms with Crippen LogP contribution in [-0.4, -0.2) is 41.1 Å². The predicted molar refractivity (Wildman–Crippen MR) is 88.1 cm³/mol. The minimum atomic E-state index is -0.831. The summed E-state index contributed by atoms with van der Waals surface area (Å²) in [6.45, 7) is 6.91. The molecule has 0 aliphatic carbocycles. The molecule has 0 saturated carbocycles. The Labute approximate surface area is 141 Å². The Morgan fingerprint density at radius 3 is 2.61 bits per heavy atom. The number of aliphatic hydroxyl groups excluding tert-OH is 1. The number of benzene rings is 1. The molecule has 1 heterocycles. The number of aryl methyl sites for hydroxylation is 1. The van der Waals surface area contributed by atoms with Crippen LogP contribution in [0, 0.1) is 6.92 Å². The molecule has 1 fully saturated rings. The van der Waals surface area contributed by atoms with Gasteiger partial charge in [-0.3, -0.25) is 4.79 Å². The molecule has 1 aromatic rings. The molecule has 1 N–H and O–H groups in total. The topological polar surface area (TPSA) is 65.0 Å². The first-order chi connectivity index (χ1) is 10.8. The second-order valence-corrected chi connectivity index (χ2v) is 7.29. The van der Waals surface area contributed by atoms with E-state index in [1.807, 2.05) is 31.2 Å². The van der Waals surface area contributed by atoms with Gasteiger partial charge in [-0.05, 0) is 32.9 Å². The second-order valence-electron chi connectivity index (χ2n) is 6.12. The van der Waals surface area contributed by atoms with E-state index in [0.717, 1.165) is 4.90 Å². The van der Waals surface area contributed by atoms with Gasteiger partial charge < -0.3 is 19.3 Å². The van der Waals surface area contributed by atoms with Crippen LogP contribution >= 0.6 is 11.8 Å². The number of aliphatic hydroxyl groups is 1. The van der Waals surface area contributed by atoms with E-state index in [1.165, 1.54) is 24.2 Å². The number of carbonyl (C=O) groups is 1. The van der Waals surface area contributed by atoms with Crippen molar-refractivity contribution in [2.45, 2.75) is 62.4 Å². The third kappa shape index (κ3) is 5.49. The van der Waals surface area contributed by atoms with Crippen molar-refractivity contribution >= 4 is 17.7 Å². The van der Waals surface area contributed by atoms with E-state index in [1.54, 1.807) is 13.8 Å². The monoisotopic (exact) mass is 340 g/mol. The summed E-state index contributed by atoms with van der Waals surface area (Å²) in [5.41, 5.74) is 0.676. The Bertz CT molecular complexity index is 528. The molecule has 0 radical (unpaired) electrons. The number of rotatable bonds is 5. The number of thioether (sulfide) groups is 1. The molecule has 3 atom stereocenters. The molecule has 23 heavy (non-hydrogen) atoms. The Morgan fingerprint density at radius 1 is 1.39 bits per heavy atom. The molecule has 0 amide bonds. The lowest BCUT2D eigenvalue weighted by molar-refractivity contribution is -0.311. The smallest absolute Gasteiger partial charge is 0.303 e. The number of ether oxygens (including phenoxy) is 3. The molecule has 1 aliphatic rings. The summed E-state index contributed by atoms with van der Waals surface area (Å²) >= 11 is 1.44. The van der Waals surface area contributed by atoms with E-state index < -0.39 is 11.2 Å². The average Bonchev–Trinajstić information content (AvgIpc) is 2.46. The van der Waals surface area contributed by atoms with E-state index in [2.05, 4.69) is 0 Å². The van der Waals surface area contributed by atoms with Crippen molar-refractivity contribution in [3.63, 3.8) is 0 Å². The third-order valence-corrected chi connectivity index (χ3v) is 4.62. The first kappa shape index (κ1) is 18.3. The summed E-state index contributed by atoms with van der Waals surface area (Å²) in [5, 5.41) is 9.43. The summed E-state index contributed by atoms with van der Waals surface area (Å²) in [7, 11) is 0. The molecule has 5 nitrogen and oxygen atoms in total. The normalized spacial score (nSPS) is 24.9. The quantitative estimate of drug-likeness (QED) is 0.505. The van der Waals surface area contributed by atoms with Crippen molar-refractivity contribution in [1.29, 1.82) is 0 Å². The average molecular weight is 340 g/mol. The van der Waals surface area contributed by atoms with Crippen LogP contribution < -0.4 is 0 Å². The van der Waals surface area contributed by atoms with Crippen molar-refractivity contribution in [3.8, 4) is 0 Å². The first-order valence-electron chi connectivity index (χ1n) is 7.66.